The first kappa shape index (κ1) is 21.5. The maximum atomic E-state index is 13.2. The quantitative estimate of drug-likeness (QED) is 0.629. The third kappa shape index (κ3) is 3.84. The van der Waals surface area contributed by atoms with Gasteiger partial charge in [-0.2, -0.15) is 0 Å². The number of aryl methyl sites for hydroxylation is 1. The van der Waals surface area contributed by atoms with Gasteiger partial charge < -0.3 is 9.47 Å². The summed E-state index contributed by atoms with van der Waals surface area (Å²) in [5, 5.41) is 0.528. The van der Waals surface area contributed by atoms with Gasteiger partial charge in [0.05, 0.1) is 12.1 Å². The Morgan fingerprint density at radius 2 is 1.52 bits per heavy atom. The molecule has 1 heterocycles. The Balaban J connectivity index is 2.17. The fourth-order valence-electron chi connectivity index (χ4n) is 4.04. The molecular weight excluding hydrogens is 388 g/mol. The van der Waals surface area contributed by atoms with Crippen molar-refractivity contribution in [2.24, 2.45) is 0 Å². The molecule has 0 bridgehead atoms. The Morgan fingerprint density at radius 1 is 0.966 bits per heavy atom. The number of methoxy groups -OCH3 is 1. The molecule has 0 saturated carbocycles. The van der Waals surface area contributed by atoms with Gasteiger partial charge in [-0.3, -0.25) is 9.59 Å². The molecular formula is C24H27ClO4. The SMILES string of the molecule is CCc1ccc(-c2ccc(Cl)c(OC)c2)cc1C1C(=O)C(C)(C)OC(C)(C)C1=O. The predicted octanol–water partition coefficient (Wildman–Crippen LogP) is 5.39. The standard InChI is InChI=1S/C24H27ClO4/c1-7-14-8-9-15(16-10-11-18(25)19(13-16)28-6)12-17(14)20-21(26)23(2,3)29-24(4,5)22(20)27/h8-13,20H,7H2,1-6H3. The van der Waals surface area contributed by atoms with Crippen LogP contribution in [-0.2, 0) is 20.7 Å². The Kier molecular flexibility index (Phi) is 5.63. The molecule has 5 heteroatoms. The maximum Gasteiger partial charge on any atom is 0.179 e. The molecule has 154 valence electrons. The van der Waals surface area contributed by atoms with Gasteiger partial charge >= 0.3 is 0 Å². The monoisotopic (exact) mass is 414 g/mol. The topological polar surface area (TPSA) is 52.6 Å². The van der Waals surface area contributed by atoms with Crippen molar-refractivity contribution in [3.05, 3.63) is 52.5 Å². The Hall–Kier alpha value is -2.17. The predicted molar refractivity (Wildman–Crippen MR) is 115 cm³/mol. The molecule has 4 nitrogen and oxygen atoms in total. The zero-order chi connectivity index (χ0) is 21.6. The number of hydrogen-bond donors (Lipinski definition) is 0. The van der Waals surface area contributed by atoms with E-state index in [9.17, 15) is 9.59 Å². The van der Waals surface area contributed by atoms with Crippen molar-refractivity contribution < 1.29 is 19.1 Å². The summed E-state index contributed by atoms with van der Waals surface area (Å²) in [5.74, 6) is -0.687. The molecule has 1 saturated heterocycles. The highest BCUT2D eigenvalue weighted by molar-refractivity contribution is 6.32. The van der Waals surface area contributed by atoms with E-state index in [4.69, 9.17) is 21.1 Å². The summed E-state index contributed by atoms with van der Waals surface area (Å²) in [6.07, 6.45) is 0.721. The smallest absolute Gasteiger partial charge is 0.179 e. The molecule has 0 atom stereocenters. The van der Waals surface area contributed by atoms with Crippen molar-refractivity contribution in [2.45, 2.75) is 58.2 Å². The second-order valence-electron chi connectivity index (χ2n) is 8.40. The van der Waals surface area contributed by atoms with Gasteiger partial charge in [0, 0.05) is 0 Å². The molecule has 0 radical (unpaired) electrons. The van der Waals surface area contributed by atoms with Crippen molar-refractivity contribution in [1.29, 1.82) is 0 Å². The molecule has 0 spiro atoms. The molecule has 2 aromatic carbocycles. The summed E-state index contributed by atoms with van der Waals surface area (Å²) < 4.78 is 11.2. The molecule has 1 aliphatic heterocycles. The summed E-state index contributed by atoms with van der Waals surface area (Å²) in [6.45, 7) is 8.95. The fourth-order valence-corrected chi connectivity index (χ4v) is 4.23. The lowest BCUT2D eigenvalue weighted by molar-refractivity contribution is -0.184. The summed E-state index contributed by atoms with van der Waals surface area (Å²) in [4.78, 5) is 26.4. The van der Waals surface area contributed by atoms with Crippen LogP contribution in [0.4, 0.5) is 0 Å². The van der Waals surface area contributed by atoms with Gasteiger partial charge in [-0.15, -0.1) is 0 Å². The van der Waals surface area contributed by atoms with Crippen molar-refractivity contribution >= 4 is 23.2 Å². The number of carbonyl (C=O) groups excluding carboxylic acids is 2. The highest BCUT2D eigenvalue weighted by Crippen LogP contribution is 2.41. The molecule has 0 N–H and O–H groups in total. The lowest BCUT2D eigenvalue weighted by atomic mass is 9.73. The molecule has 0 aliphatic carbocycles. The summed E-state index contributed by atoms with van der Waals surface area (Å²) in [6, 6.07) is 11.5. The summed E-state index contributed by atoms with van der Waals surface area (Å²) in [7, 11) is 1.57. The Morgan fingerprint density at radius 3 is 2.07 bits per heavy atom. The van der Waals surface area contributed by atoms with Gasteiger partial charge in [-0.05, 0) is 74.6 Å². The van der Waals surface area contributed by atoms with E-state index in [0.717, 1.165) is 28.7 Å². The molecule has 0 aromatic heterocycles. The lowest BCUT2D eigenvalue weighted by Gasteiger charge is -2.43. The van der Waals surface area contributed by atoms with Crippen LogP contribution in [0, 0.1) is 0 Å². The van der Waals surface area contributed by atoms with Crippen molar-refractivity contribution in [3.63, 3.8) is 0 Å². The van der Waals surface area contributed by atoms with Crippen molar-refractivity contribution in [3.8, 4) is 16.9 Å². The molecule has 0 amide bonds. The van der Waals surface area contributed by atoms with Crippen LogP contribution in [0.15, 0.2) is 36.4 Å². The number of halogens is 1. The number of Topliss-reactive ketones (excluding diaryl/α,β-unsaturated/α-hetero) is 2. The highest BCUT2D eigenvalue weighted by Gasteiger charge is 2.53. The van der Waals surface area contributed by atoms with Crippen LogP contribution in [0.25, 0.3) is 11.1 Å². The van der Waals surface area contributed by atoms with Crippen LogP contribution in [0.2, 0.25) is 5.02 Å². The van der Waals surface area contributed by atoms with Gasteiger partial charge in [0.15, 0.2) is 11.6 Å². The van der Waals surface area contributed by atoms with Crippen molar-refractivity contribution in [2.75, 3.05) is 7.11 Å². The van der Waals surface area contributed by atoms with E-state index in [1.54, 1.807) is 40.9 Å². The van der Waals surface area contributed by atoms with Gasteiger partial charge in [0.2, 0.25) is 0 Å². The molecule has 2 aromatic rings. The number of ketones is 2. The second kappa shape index (κ2) is 7.58. The minimum Gasteiger partial charge on any atom is -0.495 e. The number of rotatable bonds is 4. The van der Waals surface area contributed by atoms with Crippen LogP contribution in [0.1, 0.15) is 51.7 Å². The van der Waals surface area contributed by atoms with Crippen LogP contribution in [-0.4, -0.2) is 29.9 Å². The third-order valence-corrected chi connectivity index (χ3v) is 5.86. The number of carbonyl (C=O) groups is 2. The molecule has 0 unspecified atom stereocenters. The number of hydrogen-bond acceptors (Lipinski definition) is 4. The van der Waals surface area contributed by atoms with Gasteiger partial charge in [0.1, 0.15) is 22.9 Å². The van der Waals surface area contributed by atoms with Crippen LogP contribution < -0.4 is 4.74 Å². The Bertz CT molecular complexity index is 949. The first-order valence-electron chi connectivity index (χ1n) is 9.77. The summed E-state index contributed by atoms with van der Waals surface area (Å²) in [5.41, 5.74) is 1.46. The molecule has 1 fully saturated rings. The van der Waals surface area contributed by atoms with Gasteiger partial charge in [-0.25, -0.2) is 0 Å². The minimum absolute atomic E-state index is 0.206. The van der Waals surface area contributed by atoms with E-state index in [2.05, 4.69) is 0 Å². The Labute approximate surface area is 177 Å². The van der Waals surface area contributed by atoms with E-state index in [0.29, 0.717) is 10.8 Å². The van der Waals surface area contributed by atoms with E-state index in [1.807, 2.05) is 37.3 Å². The second-order valence-corrected chi connectivity index (χ2v) is 8.81. The zero-order valence-electron chi connectivity index (χ0n) is 17.8. The van der Waals surface area contributed by atoms with E-state index >= 15 is 0 Å². The molecule has 3 rings (SSSR count). The highest BCUT2D eigenvalue weighted by atomic mass is 35.5. The normalized spacial score (nSPS) is 18.7. The fraction of sp³-hybridized carbons (Fsp3) is 0.417. The number of ether oxygens (including phenoxy) is 2. The lowest BCUT2D eigenvalue weighted by Crippen LogP contribution is -2.58. The summed E-state index contributed by atoms with van der Waals surface area (Å²) >= 11 is 6.16. The van der Waals surface area contributed by atoms with Crippen LogP contribution in [0.5, 0.6) is 5.75 Å². The van der Waals surface area contributed by atoms with E-state index in [1.165, 1.54) is 0 Å². The first-order valence-corrected chi connectivity index (χ1v) is 10.1. The molecule has 1 aliphatic rings. The first-order chi connectivity index (χ1) is 13.5. The largest absolute Gasteiger partial charge is 0.495 e. The average Bonchev–Trinajstić information content (AvgIpc) is 2.66. The maximum absolute atomic E-state index is 13.2. The van der Waals surface area contributed by atoms with Gasteiger partial charge in [0.25, 0.3) is 0 Å². The minimum atomic E-state index is -1.04. The van der Waals surface area contributed by atoms with Crippen LogP contribution >= 0.6 is 11.6 Å². The van der Waals surface area contributed by atoms with Gasteiger partial charge in [-0.1, -0.05) is 36.7 Å². The van der Waals surface area contributed by atoms with Crippen molar-refractivity contribution in [1.82, 2.24) is 0 Å². The third-order valence-electron chi connectivity index (χ3n) is 5.54. The zero-order valence-corrected chi connectivity index (χ0v) is 18.5. The molecule has 29 heavy (non-hydrogen) atoms. The van der Waals surface area contributed by atoms with E-state index in [-0.39, 0.29) is 11.6 Å². The van der Waals surface area contributed by atoms with E-state index < -0.39 is 17.1 Å². The van der Waals surface area contributed by atoms with Crippen LogP contribution in [0.3, 0.4) is 0 Å². The average molecular weight is 415 g/mol. The number of benzene rings is 2.